The molecule has 0 saturated heterocycles. The van der Waals surface area contributed by atoms with Crippen molar-refractivity contribution in [1.29, 1.82) is 0 Å². The second-order valence-corrected chi connectivity index (χ2v) is 6.23. The average Bonchev–Trinajstić information content (AvgIpc) is 2.59. The van der Waals surface area contributed by atoms with E-state index in [1.807, 2.05) is 6.26 Å². The number of amides is 1. The van der Waals surface area contributed by atoms with Gasteiger partial charge < -0.3 is 15.0 Å². The number of benzene rings is 1. The lowest BCUT2D eigenvalue weighted by molar-refractivity contribution is -0.121. The maximum Gasteiger partial charge on any atom is 0.387 e. The lowest BCUT2D eigenvalue weighted by Crippen LogP contribution is -2.25. The lowest BCUT2D eigenvalue weighted by atomic mass is 10.1. The van der Waals surface area contributed by atoms with E-state index in [1.165, 1.54) is 23.9 Å². The van der Waals surface area contributed by atoms with Gasteiger partial charge in [0.2, 0.25) is 5.91 Å². The van der Waals surface area contributed by atoms with Crippen LogP contribution in [0.15, 0.2) is 34.2 Å². The highest BCUT2D eigenvalue weighted by Crippen LogP contribution is 2.15. The highest BCUT2D eigenvalue weighted by molar-refractivity contribution is 7.98. The van der Waals surface area contributed by atoms with Crippen molar-refractivity contribution in [3.8, 4) is 5.75 Å². The van der Waals surface area contributed by atoms with Gasteiger partial charge in [0.05, 0.1) is 0 Å². The van der Waals surface area contributed by atoms with Crippen LogP contribution in [-0.4, -0.2) is 28.7 Å². The Morgan fingerprint density at radius 3 is 2.62 bits per heavy atom. The molecule has 0 bridgehead atoms. The predicted molar refractivity (Wildman–Crippen MR) is 94.6 cm³/mol. The fraction of sp³-hybridized carbons (Fsp3) is 0.353. The summed E-state index contributed by atoms with van der Waals surface area (Å²) in [5.41, 5.74) is 1.62. The fourth-order valence-electron chi connectivity index (χ4n) is 2.29. The quantitative estimate of drug-likeness (QED) is 0.541. The average molecular weight is 383 g/mol. The Morgan fingerprint density at radius 1 is 1.35 bits per heavy atom. The molecule has 2 N–H and O–H groups in total. The minimum Gasteiger partial charge on any atom is -0.435 e. The molecule has 0 fully saturated rings. The van der Waals surface area contributed by atoms with Crippen molar-refractivity contribution in [1.82, 2.24) is 15.3 Å². The number of thioether (sulfide) groups is 1. The van der Waals surface area contributed by atoms with Crippen molar-refractivity contribution in [2.75, 3.05) is 6.26 Å². The van der Waals surface area contributed by atoms with Gasteiger partial charge in [0, 0.05) is 24.2 Å². The number of nitrogens with zero attached hydrogens (tertiary/aromatic N) is 1. The number of carbonyl (C=O) groups is 1. The number of alkyl halides is 2. The van der Waals surface area contributed by atoms with Crippen molar-refractivity contribution in [2.45, 2.75) is 38.1 Å². The summed E-state index contributed by atoms with van der Waals surface area (Å²) >= 11 is 1.34. The topological polar surface area (TPSA) is 84.1 Å². The van der Waals surface area contributed by atoms with Gasteiger partial charge in [-0.15, -0.1) is 0 Å². The highest BCUT2D eigenvalue weighted by atomic mass is 32.2. The molecule has 6 nitrogen and oxygen atoms in total. The van der Waals surface area contributed by atoms with Crippen LogP contribution in [0, 0.1) is 6.92 Å². The van der Waals surface area contributed by atoms with E-state index in [0.717, 1.165) is 5.56 Å². The maximum atomic E-state index is 12.1. The first-order valence-electron chi connectivity index (χ1n) is 7.83. The minimum absolute atomic E-state index is 0.0611. The number of aryl methyl sites for hydroxylation is 1. The number of hydrogen-bond donors (Lipinski definition) is 2. The van der Waals surface area contributed by atoms with Gasteiger partial charge in [0.25, 0.3) is 5.56 Å². The summed E-state index contributed by atoms with van der Waals surface area (Å²) < 4.78 is 28.4. The van der Waals surface area contributed by atoms with Crippen LogP contribution in [0.5, 0.6) is 5.75 Å². The molecule has 2 aromatic rings. The van der Waals surface area contributed by atoms with Gasteiger partial charge in [-0.25, -0.2) is 4.98 Å². The van der Waals surface area contributed by atoms with Crippen LogP contribution in [-0.2, 0) is 17.8 Å². The number of nitrogens with one attached hydrogen (secondary N) is 2. The zero-order valence-corrected chi connectivity index (χ0v) is 15.2. The van der Waals surface area contributed by atoms with Gasteiger partial charge in [0.15, 0.2) is 5.16 Å². The third-order valence-corrected chi connectivity index (χ3v) is 4.21. The van der Waals surface area contributed by atoms with Gasteiger partial charge >= 0.3 is 6.61 Å². The molecule has 0 saturated carbocycles. The first-order chi connectivity index (χ1) is 12.4. The molecule has 1 amide bonds. The largest absolute Gasteiger partial charge is 0.435 e. The first-order valence-corrected chi connectivity index (χ1v) is 9.05. The molecular weight excluding hydrogens is 364 g/mol. The van der Waals surface area contributed by atoms with Gasteiger partial charge in [-0.1, -0.05) is 23.9 Å². The van der Waals surface area contributed by atoms with Crippen molar-refractivity contribution >= 4 is 17.7 Å². The van der Waals surface area contributed by atoms with Crippen molar-refractivity contribution in [3.63, 3.8) is 0 Å². The van der Waals surface area contributed by atoms with Crippen LogP contribution >= 0.6 is 11.8 Å². The molecule has 1 heterocycles. The molecule has 0 atom stereocenters. The fourth-order valence-corrected chi connectivity index (χ4v) is 2.72. The number of aromatic amines is 1. The van der Waals surface area contributed by atoms with Crippen LogP contribution in [0.4, 0.5) is 8.78 Å². The molecule has 0 aliphatic heterocycles. The highest BCUT2D eigenvalue weighted by Gasteiger charge is 2.10. The van der Waals surface area contributed by atoms with E-state index < -0.39 is 6.61 Å². The van der Waals surface area contributed by atoms with Crippen LogP contribution in [0.3, 0.4) is 0 Å². The van der Waals surface area contributed by atoms with Crippen molar-refractivity contribution < 1.29 is 18.3 Å². The summed E-state index contributed by atoms with van der Waals surface area (Å²) in [5, 5.41) is 3.27. The van der Waals surface area contributed by atoms with Gasteiger partial charge in [0.1, 0.15) is 5.75 Å². The van der Waals surface area contributed by atoms with Crippen molar-refractivity contribution in [2.24, 2.45) is 0 Å². The van der Waals surface area contributed by atoms with E-state index in [9.17, 15) is 18.4 Å². The lowest BCUT2D eigenvalue weighted by Gasteiger charge is -2.08. The Balaban J connectivity index is 1.85. The van der Waals surface area contributed by atoms with Gasteiger partial charge in [-0.05, 0) is 37.3 Å². The van der Waals surface area contributed by atoms with E-state index in [0.29, 0.717) is 16.4 Å². The molecule has 9 heteroatoms. The standard InChI is InChI=1S/C17H19F2N3O3S/c1-10-13(15(24)22-17(21-10)26-2)7-8-14(23)20-9-11-3-5-12(6-4-11)25-16(18)19/h3-6,16H,7-9H2,1-2H3,(H,20,23)(H,21,22,24). The monoisotopic (exact) mass is 383 g/mol. The van der Waals surface area contributed by atoms with E-state index in [2.05, 4.69) is 20.0 Å². The Hall–Kier alpha value is -2.42. The number of halogens is 2. The van der Waals surface area contributed by atoms with Crippen LogP contribution in [0.2, 0.25) is 0 Å². The molecule has 0 aliphatic carbocycles. The van der Waals surface area contributed by atoms with Crippen molar-refractivity contribution in [3.05, 3.63) is 51.4 Å². The molecule has 1 aromatic heterocycles. The second-order valence-electron chi connectivity index (χ2n) is 5.44. The minimum atomic E-state index is -2.87. The molecule has 0 unspecified atom stereocenters. The number of rotatable bonds is 8. The summed E-state index contributed by atoms with van der Waals surface area (Å²) in [6, 6.07) is 6.01. The molecule has 0 spiro atoms. The Morgan fingerprint density at radius 2 is 2.04 bits per heavy atom. The SMILES string of the molecule is CSc1nc(C)c(CCC(=O)NCc2ccc(OC(F)F)cc2)c(=O)[nH]1. The van der Waals surface area contributed by atoms with E-state index in [-0.39, 0.29) is 36.6 Å². The molecule has 1 aromatic carbocycles. The van der Waals surface area contributed by atoms with E-state index in [1.54, 1.807) is 19.1 Å². The molecule has 26 heavy (non-hydrogen) atoms. The summed E-state index contributed by atoms with van der Waals surface area (Å²) in [6.07, 6.45) is 2.25. The zero-order valence-electron chi connectivity index (χ0n) is 14.3. The summed E-state index contributed by atoms with van der Waals surface area (Å²) in [4.78, 5) is 30.9. The molecule has 140 valence electrons. The van der Waals surface area contributed by atoms with Gasteiger partial charge in [-0.2, -0.15) is 8.78 Å². The molecular formula is C17H19F2N3O3S. The third kappa shape index (κ3) is 5.83. The van der Waals surface area contributed by atoms with Crippen LogP contribution < -0.4 is 15.6 Å². The summed E-state index contributed by atoms with van der Waals surface area (Å²) in [6.45, 7) is -0.871. The van der Waals surface area contributed by atoms with Crippen LogP contribution in [0.1, 0.15) is 23.2 Å². The Bertz CT molecular complexity index is 810. The zero-order chi connectivity index (χ0) is 19.1. The number of H-pyrrole nitrogens is 1. The van der Waals surface area contributed by atoms with Gasteiger partial charge in [-0.3, -0.25) is 9.59 Å². The van der Waals surface area contributed by atoms with E-state index >= 15 is 0 Å². The molecule has 0 aliphatic rings. The summed E-state index contributed by atoms with van der Waals surface area (Å²) in [7, 11) is 0. The second kappa shape index (κ2) is 9.33. The number of ether oxygens (including phenoxy) is 1. The van der Waals surface area contributed by atoms with Crippen LogP contribution in [0.25, 0.3) is 0 Å². The first kappa shape index (κ1) is 19.9. The number of aromatic nitrogens is 2. The Kier molecular flexibility index (Phi) is 7.14. The van der Waals surface area contributed by atoms with E-state index in [4.69, 9.17) is 0 Å². The smallest absolute Gasteiger partial charge is 0.387 e. The molecule has 0 radical (unpaired) electrons. The normalized spacial score (nSPS) is 10.8. The number of hydrogen-bond acceptors (Lipinski definition) is 5. The predicted octanol–water partition coefficient (Wildman–Crippen LogP) is 2.65. The summed E-state index contributed by atoms with van der Waals surface area (Å²) in [5.74, 6) is -0.156. The number of carbonyl (C=O) groups excluding carboxylic acids is 1. The Labute approximate surface area is 153 Å². The molecule has 2 rings (SSSR count). The third-order valence-electron chi connectivity index (χ3n) is 3.63. The maximum absolute atomic E-state index is 12.1.